The van der Waals surface area contributed by atoms with Gasteiger partial charge in [-0.25, -0.2) is 9.97 Å². The van der Waals surface area contributed by atoms with Gasteiger partial charge in [-0.05, 0) is 0 Å². The summed E-state index contributed by atoms with van der Waals surface area (Å²) in [6.45, 7) is 1.83. The quantitative estimate of drug-likeness (QED) is 0.651. The summed E-state index contributed by atoms with van der Waals surface area (Å²) in [5, 5.41) is 0.395. The van der Waals surface area contributed by atoms with Gasteiger partial charge in [0.1, 0.15) is 17.3 Å². The lowest BCUT2D eigenvalue weighted by Gasteiger charge is -2.32. The largest absolute Gasteiger partial charge is 0.345 e. The van der Waals surface area contributed by atoms with E-state index in [4.69, 9.17) is 11.6 Å². The molecule has 0 atom stereocenters. The van der Waals surface area contributed by atoms with E-state index in [1.54, 1.807) is 18.0 Å². The van der Waals surface area contributed by atoms with Crippen LogP contribution in [-0.2, 0) is 4.79 Å². The zero-order valence-electron chi connectivity index (χ0n) is 8.35. The van der Waals surface area contributed by atoms with Crippen LogP contribution in [0.1, 0.15) is 0 Å². The van der Waals surface area contributed by atoms with Crippen molar-refractivity contribution >= 4 is 23.3 Å². The third-order valence-electron chi connectivity index (χ3n) is 2.40. The highest BCUT2D eigenvalue weighted by atomic mass is 35.5. The molecular formula is C9H11ClN4O. The van der Waals surface area contributed by atoms with Gasteiger partial charge in [-0.2, -0.15) is 0 Å². The van der Waals surface area contributed by atoms with Gasteiger partial charge in [-0.15, -0.1) is 0 Å². The van der Waals surface area contributed by atoms with Crippen LogP contribution in [0.5, 0.6) is 0 Å². The molecule has 1 aliphatic rings. The molecule has 0 spiro atoms. The molecule has 1 aromatic rings. The Morgan fingerprint density at radius 1 is 1.40 bits per heavy atom. The van der Waals surface area contributed by atoms with Gasteiger partial charge >= 0.3 is 0 Å². The van der Waals surface area contributed by atoms with E-state index in [0.29, 0.717) is 24.1 Å². The minimum atomic E-state index is 0.0935. The monoisotopic (exact) mass is 226 g/mol. The van der Waals surface area contributed by atoms with Crippen LogP contribution in [0.2, 0.25) is 5.15 Å². The number of hydrogen-bond donors (Lipinski definition) is 0. The average Bonchev–Trinajstić information content (AvgIpc) is 2.22. The van der Waals surface area contributed by atoms with Crippen molar-refractivity contribution in [3.63, 3.8) is 0 Å². The molecule has 0 saturated carbocycles. The highest BCUT2D eigenvalue weighted by Gasteiger charge is 2.21. The Kier molecular flexibility index (Phi) is 2.73. The summed E-state index contributed by atoms with van der Waals surface area (Å²) >= 11 is 5.76. The van der Waals surface area contributed by atoms with Gasteiger partial charge in [-0.3, -0.25) is 4.79 Å². The molecule has 0 N–H and O–H groups in total. The SMILES string of the molecule is CN1CCN(c2cc(Cl)ncn2)CC1=O. The summed E-state index contributed by atoms with van der Waals surface area (Å²) in [6, 6.07) is 1.67. The number of halogens is 1. The Morgan fingerprint density at radius 3 is 2.87 bits per heavy atom. The van der Waals surface area contributed by atoms with Crippen molar-refractivity contribution < 1.29 is 4.79 Å². The Bertz CT molecular complexity index is 384. The van der Waals surface area contributed by atoms with Crippen LogP contribution in [0.4, 0.5) is 5.82 Å². The number of nitrogens with zero attached hydrogens (tertiary/aromatic N) is 4. The predicted molar refractivity (Wildman–Crippen MR) is 56.9 cm³/mol. The lowest BCUT2D eigenvalue weighted by molar-refractivity contribution is -0.129. The second-order valence-electron chi connectivity index (χ2n) is 3.44. The van der Waals surface area contributed by atoms with Crippen molar-refractivity contribution in [2.24, 2.45) is 0 Å². The molecule has 0 aromatic carbocycles. The van der Waals surface area contributed by atoms with Gasteiger partial charge < -0.3 is 9.80 Å². The first kappa shape index (κ1) is 10.2. The van der Waals surface area contributed by atoms with Gasteiger partial charge in [0.2, 0.25) is 5.91 Å². The zero-order chi connectivity index (χ0) is 10.8. The summed E-state index contributed by atoms with van der Waals surface area (Å²) in [5.74, 6) is 0.799. The lowest BCUT2D eigenvalue weighted by atomic mass is 10.3. The molecule has 80 valence electrons. The van der Waals surface area contributed by atoms with Crippen LogP contribution in [0, 0.1) is 0 Å². The number of hydrogen-bond acceptors (Lipinski definition) is 4. The summed E-state index contributed by atoms with van der Waals surface area (Å²) in [4.78, 5) is 23.0. The number of piperazine rings is 1. The molecule has 1 fully saturated rings. The van der Waals surface area contributed by atoms with Crippen LogP contribution in [0.15, 0.2) is 12.4 Å². The first-order valence-electron chi connectivity index (χ1n) is 4.63. The smallest absolute Gasteiger partial charge is 0.241 e. The zero-order valence-corrected chi connectivity index (χ0v) is 9.11. The average molecular weight is 227 g/mol. The first-order chi connectivity index (χ1) is 7.16. The van der Waals surface area contributed by atoms with E-state index in [2.05, 4.69) is 9.97 Å². The number of carbonyl (C=O) groups is 1. The van der Waals surface area contributed by atoms with Crippen molar-refractivity contribution in [3.8, 4) is 0 Å². The maximum atomic E-state index is 11.5. The Morgan fingerprint density at radius 2 is 2.20 bits per heavy atom. The minimum absolute atomic E-state index is 0.0935. The molecule has 6 heteroatoms. The van der Waals surface area contributed by atoms with E-state index in [9.17, 15) is 4.79 Å². The van der Waals surface area contributed by atoms with Crippen LogP contribution in [0.3, 0.4) is 0 Å². The van der Waals surface area contributed by atoms with Crippen molar-refractivity contribution in [1.29, 1.82) is 0 Å². The number of amides is 1. The fourth-order valence-corrected chi connectivity index (χ4v) is 1.59. The molecule has 5 nitrogen and oxygen atoms in total. The molecular weight excluding hydrogens is 216 g/mol. The second kappa shape index (κ2) is 4.02. The van der Waals surface area contributed by atoms with E-state index in [-0.39, 0.29) is 5.91 Å². The highest BCUT2D eigenvalue weighted by Crippen LogP contribution is 2.15. The first-order valence-corrected chi connectivity index (χ1v) is 5.01. The van der Waals surface area contributed by atoms with Gasteiger partial charge in [0.15, 0.2) is 0 Å². The minimum Gasteiger partial charge on any atom is -0.345 e. The lowest BCUT2D eigenvalue weighted by Crippen LogP contribution is -2.48. The van der Waals surface area contributed by atoms with Crippen molar-refractivity contribution in [2.75, 3.05) is 31.6 Å². The molecule has 0 bridgehead atoms. The van der Waals surface area contributed by atoms with E-state index >= 15 is 0 Å². The standard InChI is InChI=1S/C9H11ClN4O/c1-13-2-3-14(5-9(13)15)8-4-7(10)11-6-12-8/h4,6H,2-3,5H2,1H3. The normalized spacial score (nSPS) is 17.1. The molecule has 2 rings (SSSR count). The van der Waals surface area contributed by atoms with Crippen LogP contribution in [0.25, 0.3) is 0 Å². The molecule has 0 aliphatic carbocycles. The molecule has 0 unspecified atom stereocenters. The summed E-state index contributed by atoms with van der Waals surface area (Å²) < 4.78 is 0. The van der Waals surface area contributed by atoms with Gasteiger partial charge in [0.25, 0.3) is 0 Å². The van der Waals surface area contributed by atoms with Gasteiger partial charge in [0.05, 0.1) is 6.54 Å². The molecule has 1 saturated heterocycles. The molecule has 1 amide bonds. The molecule has 0 radical (unpaired) electrons. The molecule has 2 heterocycles. The van der Waals surface area contributed by atoms with Crippen molar-refractivity contribution in [2.45, 2.75) is 0 Å². The van der Waals surface area contributed by atoms with Crippen molar-refractivity contribution in [3.05, 3.63) is 17.5 Å². The summed E-state index contributed by atoms with van der Waals surface area (Å²) in [5.41, 5.74) is 0. The number of aromatic nitrogens is 2. The van der Waals surface area contributed by atoms with Crippen LogP contribution < -0.4 is 4.90 Å². The van der Waals surface area contributed by atoms with Gasteiger partial charge in [-0.1, -0.05) is 11.6 Å². The van der Waals surface area contributed by atoms with E-state index in [1.807, 2.05) is 4.90 Å². The third kappa shape index (κ3) is 2.18. The fourth-order valence-electron chi connectivity index (χ4n) is 1.45. The highest BCUT2D eigenvalue weighted by molar-refractivity contribution is 6.29. The van der Waals surface area contributed by atoms with E-state index < -0.39 is 0 Å². The number of rotatable bonds is 1. The molecule has 1 aliphatic heterocycles. The van der Waals surface area contributed by atoms with Crippen molar-refractivity contribution in [1.82, 2.24) is 14.9 Å². The third-order valence-corrected chi connectivity index (χ3v) is 2.61. The maximum absolute atomic E-state index is 11.5. The maximum Gasteiger partial charge on any atom is 0.241 e. The topological polar surface area (TPSA) is 49.3 Å². The second-order valence-corrected chi connectivity index (χ2v) is 3.82. The number of carbonyl (C=O) groups excluding carboxylic acids is 1. The number of anilines is 1. The summed E-state index contributed by atoms with van der Waals surface area (Å²) in [7, 11) is 1.80. The fraction of sp³-hybridized carbons (Fsp3) is 0.444. The number of likely N-dealkylation sites (N-methyl/N-ethyl adjacent to an activating group) is 1. The Hall–Kier alpha value is -1.36. The summed E-state index contributed by atoms with van der Waals surface area (Å²) in [6.07, 6.45) is 1.40. The van der Waals surface area contributed by atoms with E-state index in [0.717, 1.165) is 6.54 Å². The van der Waals surface area contributed by atoms with Crippen LogP contribution >= 0.6 is 11.6 Å². The molecule has 1 aromatic heterocycles. The Labute approximate surface area is 92.7 Å². The molecule has 15 heavy (non-hydrogen) atoms. The van der Waals surface area contributed by atoms with Gasteiger partial charge in [0, 0.05) is 26.2 Å². The predicted octanol–water partition coefficient (Wildman–Crippen LogP) is 0.408. The van der Waals surface area contributed by atoms with E-state index in [1.165, 1.54) is 6.33 Å². The Balaban J connectivity index is 2.15. The van der Waals surface area contributed by atoms with Crippen LogP contribution in [-0.4, -0.2) is 47.5 Å².